The average Bonchev–Trinajstić information content (AvgIpc) is 2.44. The van der Waals surface area contributed by atoms with E-state index < -0.39 is 22.3 Å². The Morgan fingerprint density at radius 2 is 2.05 bits per heavy atom. The van der Waals surface area contributed by atoms with Crippen molar-refractivity contribution in [2.45, 2.75) is 26.7 Å². The van der Waals surface area contributed by atoms with Gasteiger partial charge in [0.2, 0.25) is 0 Å². The summed E-state index contributed by atoms with van der Waals surface area (Å²) in [4.78, 5) is 21.8. The molecule has 0 fully saturated rings. The van der Waals surface area contributed by atoms with Crippen molar-refractivity contribution >= 4 is 11.7 Å². The predicted octanol–water partition coefficient (Wildman–Crippen LogP) is 3.02. The van der Waals surface area contributed by atoms with Crippen molar-refractivity contribution in [2.24, 2.45) is 0 Å². The summed E-state index contributed by atoms with van der Waals surface area (Å²) in [5, 5.41) is 10.7. The van der Waals surface area contributed by atoms with Crippen LogP contribution in [0.25, 0.3) is 0 Å². The van der Waals surface area contributed by atoms with Crippen LogP contribution in [0.2, 0.25) is 0 Å². The van der Waals surface area contributed by atoms with Crippen LogP contribution >= 0.6 is 0 Å². The Balaban J connectivity index is 2.63. The third-order valence-corrected chi connectivity index (χ3v) is 2.77. The van der Waals surface area contributed by atoms with E-state index in [9.17, 15) is 19.3 Å². The van der Waals surface area contributed by atoms with Crippen molar-refractivity contribution in [1.29, 1.82) is 0 Å². The van der Waals surface area contributed by atoms with E-state index >= 15 is 0 Å². The first-order chi connectivity index (χ1) is 9.97. The number of carbonyl (C=O) groups excluding carboxylic acids is 1. The van der Waals surface area contributed by atoms with E-state index in [4.69, 9.17) is 9.47 Å². The zero-order chi connectivity index (χ0) is 15.8. The Morgan fingerprint density at radius 1 is 1.33 bits per heavy atom. The molecule has 0 N–H and O–H groups in total. The second-order valence-corrected chi connectivity index (χ2v) is 4.48. The fourth-order valence-electron chi connectivity index (χ4n) is 1.62. The van der Waals surface area contributed by atoms with Crippen LogP contribution in [-0.4, -0.2) is 30.7 Å². The van der Waals surface area contributed by atoms with Crippen molar-refractivity contribution in [3.63, 3.8) is 0 Å². The number of unbranched alkanes of at least 4 members (excludes halogenated alkanes) is 1. The summed E-state index contributed by atoms with van der Waals surface area (Å²) in [5.74, 6) is -1.74. The maximum absolute atomic E-state index is 13.8. The second-order valence-electron chi connectivity index (χ2n) is 4.48. The normalized spacial score (nSPS) is 10.4. The summed E-state index contributed by atoms with van der Waals surface area (Å²) >= 11 is 0. The Hall–Kier alpha value is -2.02. The Bertz CT molecular complexity index is 518. The smallest absolute Gasteiger partial charge is 0.341 e. The summed E-state index contributed by atoms with van der Waals surface area (Å²) in [6.45, 7) is 4.13. The molecule has 0 atom stereocenters. The van der Waals surface area contributed by atoms with Crippen molar-refractivity contribution < 1.29 is 23.6 Å². The molecule has 0 aliphatic rings. The third-order valence-electron chi connectivity index (χ3n) is 2.77. The van der Waals surface area contributed by atoms with Gasteiger partial charge in [0, 0.05) is 18.7 Å². The lowest BCUT2D eigenvalue weighted by Crippen LogP contribution is -2.13. The number of nitro benzene ring substituents is 1. The first kappa shape index (κ1) is 17.0. The van der Waals surface area contributed by atoms with Crippen LogP contribution in [0.5, 0.6) is 0 Å². The van der Waals surface area contributed by atoms with Gasteiger partial charge < -0.3 is 9.47 Å². The minimum atomic E-state index is -0.932. The largest absolute Gasteiger partial charge is 0.460 e. The maximum Gasteiger partial charge on any atom is 0.341 e. The van der Waals surface area contributed by atoms with Crippen LogP contribution in [0, 0.1) is 22.9 Å². The quantitative estimate of drug-likeness (QED) is 0.319. The second kappa shape index (κ2) is 8.31. The summed E-state index contributed by atoms with van der Waals surface area (Å²) in [6.07, 6.45) is 1.91. The number of carbonyl (C=O) groups is 1. The lowest BCUT2D eigenvalue weighted by atomic mass is 10.1. The van der Waals surface area contributed by atoms with Gasteiger partial charge in [-0.3, -0.25) is 10.1 Å². The van der Waals surface area contributed by atoms with Gasteiger partial charge in [0.05, 0.1) is 11.5 Å². The van der Waals surface area contributed by atoms with Gasteiger partial charge in [-0.2, -0.15) is 0 Å². The molecule has 0 bridgehead atoms. The molecule has 0 aromatic heterocycles. The molecule has 1 aromatic carbocycles. The van der Waals surface area contributed by atoms with E-state index in [0.717, 1.165) is 25.0 Å². The maximum atomic E-state index is 13.8. The van der Waals surface area contributed by atoms with Gasteiger partial charge in [-0.1, -0.05) is 13.3 Å². The number of non-ortho nitro benzene ring substituents is 1. The molecular formula is C14H18FNO5. The van der Waals surface area contributed by atoms with E-state index in [2.05, 4.69) is 0 Å². The Kier molecular flexibility index (Phi) is 6.74. The van der Waals surface area contributed by atoms with E-state index in [1.807, 2.05) is 6.92 Å². The fraction of sp³-hybridized carbons (Fsp3) is 0.500. The monoisotopic (exact) mass is 299 g/mol. The number of halogens is 1. The molecule has 1 aromatic rings. The number of esters is 1. The molecular weight excluding hydrogens is 281 g/mol. The lowest BCUT2D eigenvalue weighted by Gasteiger charge is -2.07. The summed E-state index contributed by atoms with van der Waals surface area (Å²) in [6, 6.07) is 1.95. The minimum absolute atomic E-state index is 0.0235. The molecule has 0 aliphatic heterocycles. The summed E-state index contributed by atoms with van der Waals surface area (Å²) < 4.78 is 23.9. The molecule has 0 saturated carbocycles. The highest BCUT2D eigenvalue weighted by molar-refractivity contribution is 5.90. The minimum Gasteiger partial charge on any atom is -0.460 e. The topological polar surface area (TPSA) is 78.7 Å². The van der Waals surface area contributed by atoms with Gasteiger partial charge >= 0.3 is 5.97 Å². The molecule has 6 nitrogen and oxygen atoms in total. The molecule has 0 aliphatic carbocycles. The van der Waals surface area contributed by atoms with Crippen LogP contribution in [0.1, 0.15) is 35.7 Å². The molecule has 0 saturated heterocycles. The molecule has 0 unspecified atom stereocenters. The summed E-state index contributed by atoms with van der Waals surface area (Å²) in [5.41, 5.74) is -0.759. The van der Waals surface area contributed by atoms with Gasteiger partial charge in [-0.05, 0) is 18.9 Å². The average molecular weight is 299 g/mol. The Labute approximate surface area is 122 Å². The highest BCUT2D eigenvalue weighted by Crippen LogP contribution is 2.21. The van der Waals surface area contributed by atoms with Crippen molar-refractivity contribution in [2.75, 3.05) is 19.8 Å². The van der Waals surface area contributed by atoms with Gasteiger partial charge in [-0.15, -0.1) is 0 Å². The third kappa shape index (κ3) is 5.11. The number of benzene rings is 1. The lowest BCUT2D eigenvalue weighted by molar-refractivity contribution is -0.385. The standard InChI is InChI=1S/C14H18FNO5/c1-3-4-5-20-6-7-21-14(17)12-9-11(16(18)19)8-10(2)13(12)15/h8-9H,3-7H2,1-2H3. The molecule has 0 radical (unpaired) electrons. The number of ether oxygens (including phenoxy) is 2. The van der Waals surface area contributed by atoms with Gasteiger partial charge in [0.15, 0.2) is 0 Å². The molecule has 0 spiro atoms. The predicted molar refractivity (Wildman–Crippen MR) is 73.8 cm³/mol. The number of nitrogens with zero attached hydrogens (tertiary/aromatic N) is 1. The van der Waals surface area contributed by atoms with E-state index in [0.29, 0.717) is 6.61 Å². The zero-order valence-corrected chi connectivity index (χ0v) is 12.1. The van der Waals surface area contributed by atoms with Crippen LogP contribution in [-0.2, 0) is 9.47 Å². The summed E-state index contributed by atoms with van der Waals surface area (Å²) in [7, 11) is 0. The molecule has 7 heteroatoms. The van der Waals surface area contributed by atoms with Crippen molar-refractivity contribution in [3.05, 3.63) is 39.2 Å². The van der Waals surface area contributed by atoms with Crippen molar-refractivity contribution in [3.8, 4) is 0 Å². The van der Waals surface area contributed by atoms with E-state index in [1.165, 1.54) is 6.92 Å². The van der Waals surface area contributed by atoms with Gasteiger partial charge in [0.25, 0.3) is 5.69 Å². The molecule has 0 heterocycles. The van der Waals surface area contributed by atoms with E-state index in [1.54, 1.807) is 0 Å². The molecule has 0 amide bonds. The first-order valence-corrected chi connectivity index (χ1v) is 6.66. The number of hydrogen-bond acceptors (Lipinski definition) is 5. The first-order valence-electron chi connectivity index (χ1n) is 6.66. The van der Waals surface area contributed by atoms with Gasteiger partial charge in [0.1, 0.15) is 18.0 Å². The highest BCUT2D eigenvalue weighted by atomic mass is 19.1. The van der Waals surface area contributed by atoms with Crippen LogP contribution in [0.4, 0.5) is 10.1 Å². The fourth-order valence-corrected chi connectivity index (χ4v) is 1.62. The van der Waals surface area contributed by atoms with Crippen LogP contribution < -0.4 is 0 Å². The van der Waals surface area contributed by atoms with Crippen LogP contribution in [0.15, 0.2) is 12.1 Å². The number of hydrogen-bond donors (Lipinski definition) is 0. The zero-order valence-electron chi connectivity index (χ0n) is 12.1. The highest BCUT2D eigenvalue weighted by Gasteiger charge is 2.20. The van der Waals surface area contributed by atoms with Crippen molar-refractivity contribution in [1.82, 2.24) is 0 Å². The van der Waals surface area contributed by atoms with Gasteiger partial charge in [-0.25, -0.2) is 9.18 Å². The number of rotatable bonds is 8. The molecule has 21 heavy (non-hydrogen) atoms. The molecule has 1 rings (SSSR count). The van der Waals surface area contributed by atoms with E-state index in [-0.39, 0.29) is 24.5 Å². The molecule has 116 valence electrons. The number of aryl methyl sites for hydroxylation is 1. The Morgan fingerprint density at radius 3 is 2.67 bits per heavy atom. The SMILES string of the molecule is CCCCOCCOC(=O)c1cc([N+](=O)[O-])cc(C)c1F. The van der Waals surface area contributed by atoms with Crippen LogP contribution in [0.3, 0.4) is 0 Å². The number of nitro groups is 1.